The Morgan fingerprint density at radius 2 is 2.15 bits per heavy atom. The molecule has 1 fully saturated rings. The lowest BCUT2D eigenvalue weighted by Gasteiger charge is -2.16. The third-order valence-corrected chi connectivity index (χ3v) is 5.57. The van der Waals surface area contributed by atoms with Crippen molar-refractivity contribution in [2.45, 2.75) is 31.1 Å². The second kappa shape index (κ2) is 7.06. The number of nitrogens with zero attached hydrogens (tertiary/aromatic N) is 4. The second-order valence-electron chi connectivity index (χ2n) is 5.84. The fraction of sp³-hybridized carbons (Fsp3) is 0.400. The van der Waals surface area contributed by atoms with E-state index < -0.39 is 24.5 Å². The molecule has 0 bridgehead atoms. The van der Waals surface area contributed by atoms with Gasteiger partial charge in [0.2, 0.25) is 0 Å². The summed E-state index contributed by atoms with van der Waals surface area (Å²) >= 11 is 7.51. The van der Waals surface area contributed by atoms with Gasteiger partial charge in [-0.2, -0.15) is 0 Å². The van der Waals surface area contributed by atoms with Gasteiger partial charge in [-0.05, 0) is 11.4 Å². The zero-order valence-electron chi connectivity index (χ0n) is 13.4. The van der Waals surface area contributed by atoms with Crippen LogP contribution < -0.4 is 5.73 Å². The lowest BCUT2D eigenvalue weighted by Crippen LogP contribution is -2.33. The summed E-state index contributed by atoms with van der Waals surface area (Å²) in [6.45, 7) is 0.411. The third kappa shape index (κ3) is 3.04. The Balaban J connectivity index is 1.47. The quantitative estimate of drug-likeness (QED) is 0.580. The molecular weight excluding hydrogens is 382 g/mol. The predicted molar refractivity (Wildman–Crippen MR) is 94.6 cm³/mol. The number of thiophene rings is 1. The number of anilines is 1. The van der Waals surface area contributed by atoms with E-state index in [4.69, 9.17) is 26.8 Å². The summed E-state index contributed by atoms with van der Waals surface area (Å²) < 4.78 is 12.9. The maximum atomic E-state index is 10.4. The number of hydrogen-bond donors (Lipinski definition) is 3. The molecule has 4 rings (SSSR count). The van der Waals surface area contributed by atoms with Gasteiger partial charge < -0.3 is 25.4 Å². The summed E-state index contributed by atoms with van der Waals surface area (Å²) in [6, 6.07) is 1.79. The fourth-order valence-electron chi connectivity index (χ4n) is 2.85. The highest BCUT2D eigenvalue weighted by Gasteiger charge is 2.44. The summed E-state index contributed by atoms with van der Waals surface area (Å²) in [6.07, 6.45) is -1.09. The molecule has 1 aliphatic heterocycles. The summed E-state index contributed by atoms with van der Waals surface area (Å²) in [7, 11) is 0. The van der Waals surface area contributed by atoms with E-state index in [9.17, 15) is 10.2 Å². The first-order valence-corrected chi connectivity index (χ1v) is 9.06. The van der Waals surface area contributed by atoms with Crippen molar-refractivity contribution >= 4 is 39.9 Å². The van der Waals surface area contributed by atoms with Crippen LogP contribution in [-0.4, -0.2) is 54.7 Å². The number of halogens is 1. The van der Waals surface area contributed by atoms with E-state index in [0.717, 1.165) is 4.88 Å². The molecule has 0 aromatic carbocycles. The van der Waals surface area contributed by atoms with Crippen molar-refractivity contribution in [3.63, 3.8) is 0 Å². The van der Waals surface area contributed by atoms with E-state index in [0.29, 0.717) is 22.8 Å². The maximum absolute atomic E-state index is 10.4. The van der Waals surface area contributed by atoms with Crippen LogP contribution in [0, 0.1) is 0 Å². The van der Waals surface area contributed by atoms with Crippen molar-refractivity contribution in [2.24, 2.45) is 0 Å². The van der Waals surface area contributed by atoms with Crippen LogP contribution in [0.3, 0.4) is 0 Å². The molecule has 9 nitrogen and oxygen atoms in total. The van der Waals surface area contributed by atoms with Gasteiger partial charge in [-0.3, -0.25) is 4.57 Å². The van der Waals surface area contributed by atoms with Crippen molar-refractivity contribution in [2.75, 3.05) is 12.3 Å². The second-order valence-corrected chi connectivity index (χ2v) is 7.24. The first kappa shape index (κ1) is 17.6. The summed E-state index contributed by atoms with van der Waals surface area (Å²) in [5.74, 6) is 0.231. The Kier molecular flexibility index (Phi) is 4.78. The first-order valence-electron chi connectivity index (χ1n) is 7.80. The van der Waals surface area contributed by atoms with Crippen molar-refractivity contribution < 1.29 is 19.7 Å². The van der Waals surface area contributed by atoms with Gasteiger partial charge in [0.25, 0.3) is 0 Å². The minimum Gasteiger partial charge on any atom is -0.387 e. The largest absolute Gasteiger partial charge is 0.387 e. The molecule has 4 N–H and O–H groups in total. The zero-order chi connectivity index (χ0) is 18.3. The fourth-order valence-corrected chi connectivity index (χ4v) is 3.88. The number of ether oxygens (including phenoxy) is 2. The van der Waals surface area contributed by atoms with Gasteiger partial charge in [0.05, 0.1) is 24.6 Å². The molecular formula is C15H16ClN5O4S. The summed E-state index contributed by atoms with van der Waals surface area (Å²) in [5, 5.41) is 23.2. The molecule has 3 aromatic rings. The molecule has 4 heterocycles. The molecule has 1 aliphatic rings. The van der Waals surface area contributed by atoms with Gasteiger partial charge in [-0.1, -0.05) is 11.6 Å². The normalized spacial score (nSPS) is 26.0. The van der Waals surface area contributed by atoms with Gasteiger partial charge in [0, 0.05) is 4.88 Å². The highest BCUT2D eigenvalue weighted by atomic mass is 35.5. The number of aliphatic hydroxyl groups excluding tert-OH is 2. The lowest BCUT2D eigenvalue weighted by atomic mass is 10.1. The van der Waals surface area contributed by atoms with Crippen LogP contribution in [0.2, 0.25) is 5.02 Å². The molecule has 138 valence electrons. The van der Waals surface area contributed by atoms with Gasteiger partial charge in [-0.25, -0.2) is 15.0 Å². The number of rotatable bonds is 5. The van der Waals surface area contributed by atoms with Gasteiger partial charge in [-0.15, -0.1) is 11.3 Å². The first-order chi connectivity index (χ1) is 12.6. The van der Waals surface area contributed by atoms with Crippen LogP contribution in [0.4, 0.5) is 5.82 Å². The molecule has 0 spiro atoms. The van der Waals surface area contributed by atoms with Gasteiger partial charge in [0.1, 0.15) is 30.2 Å². The maximum Gasteiger partial charge on any atom is 0.167 e. The molecule has 0 unspecified atom stereocenters. The number of aromatic nitrogens is 4. The summed E-state index contributed by atoms with van der Waals surface area (Å²) in [4.78, 5) is 13.0. The van der Waals surface area contributed by atoms with E-state index in [1.54, 1.807) is 6.07 Å². The van der Waals surface area contributed by atoms with E-state index in [-0.39, 0.29) is 12.4 Å². The minimum absolute atomic E-state index is 0.104. The Morgan fingerprint density at radius 3 is 2.92 bits per heavy atom. The monoisotopic (exact) mass is 397 g/mol. The van der Waals surface area contributed by atoms with Crippen molar-refractivity contribution in [3.05, 3.63) is 34.0 Å². The molecule has 0 amide bonds. The smallest absolute Gasteiger partial charge is 0.167 e. The number of aliphatic hydroxyl groups is 2. The van der Waals surface area contributed by atoms with Crippen LogP contribution in [0.15, 0.2) is 24.1 Å². The molecule has 11 heteroatoms. The molecule has 0 aliphatic carbocycles. The summed E-state index contributed by atoms with van der Waals surface area (Å²) in [5.41, 5.74) is 6.60. The van der Waals surface area contributed by atoms with Gasteiger partial charge in [0.15, 0.2) is 17.7 Å². The van der Waals surface area contributed by atoms with Crippen molar-refractivity contribution in [3.8, 4) is 0 Å². The highest BCUT2D eigenvalue weighted by molar-refractivity contribution is 7.10. The van der Waals surface area contributed by atoms with E-state index in [1.807, 2.05) is 5.38 Å². The van der Waals surface area contributed by atoms with Crippen LogP contribution >= 0.6 is 22.9 Å². The van der Waals surface area contributed by atoms with Gasteiger partial charge >= 0.3 is 0 Å². The average molecular weight is 398 g/mol. The topological polar surface area (TPSA) is 129 Å². The number of imidazole rings is 1. The predicted octanol–water partition coefficient (Wildman–Crippen LogP) is 0.959. The SMILES string of the molecule is Nc1ncnc2c1ncn2[C@@H]1O[C@H](COCc2sccc2Cl)[C@@H](O)[C@H]1O. The van der Waals surface area contributed by atoms with Crippen LogP contribution in [0.25, 0.3) is 11.2 Å². The molecule has 3 aromatic heterocycles. The Bertz CT molecular complexity index is 918. The molecule has 4 atom stereocenters. The number of hydrogen-bond acceptors (Lipinski definition) is 9. The molecule has 26 heavy (non-hydrogen) atoms. The lowest BCUT2D eigenvalue weighted by molar-refractivity contribution is -0.0679. The van der Waals surface area contributed by atoms with E-state index in [1.165, 1.54) is 28.6 Å². The third-order valence-electron chi connectivity index (χ3n) is 4.20. The highest BCUT2D eigenvalue weighted by Crippen LogP contribution is 2.32. The number of nitrogens with two attached hydrogens (primary N) is 1. The molecule has 1 saturated heterocycles. The minimum atomic E-state index is -1.16. The van der Waals surface area contributed by atoms with Crippen LogP contribution in [-0.2, 0) is 16.1 Å². The Labute approximate surface area is 157 Å². The average Bonchev–Trinajstić information content (AvgIpc) is 3.30. The van der Waals surface area contributed by atoms with E-state index >= 15 is 0 Å². The van der Waals surface area contributed by atoms with Crippen molar-refractivity contribution in [1.29, 1.82) is 0 Å². The van der Waals surface area contributed by atoms with Crippen molar-refractivity contribution in [1.82, 2.24) is 19.5 Å². The molecule has 0 radical (unpaired) electrons. The Morgan fingerprint density at radius 1 is 1.31 bits per heavy atom. The molecule has 0 saturated carbocycles. The zero-order valence-corrected chi connectivity index (χ0v) is 15.0. The standard InChI is InChI=1S/C15H16ClN5O4S/c16-7-1-2-26-9(7)4-24-3-8-11(22)12(23)15(25-8)21-6-20-10-13(17)18-5-19-14(10)21/h1-2,5-6,8,11-12,15,22-23H,3-4H2,(H2,17,18,19)/t8-,11-,12-,15-/m1/s1. The number of fused-ring (bicyclic) bond motifs is 1. The number of nitrogen functional groups attached to an aromatic ring is 1. The van der Waals surface area contributed by atoms with Crippen LogP contribution in [0.1, 0.15) is 11.1 Å². The van der Waals surface area contributed by atoms with Crippen LogP contribution in [0.5, 0.6) is 0 Å². The Hall–Kier alpha value is -1.82. The van der Waals surface area contributed by atoms with E-state index in [2.05, 4.69) is 15.0 Å².